The second-order valence-electron chi connectivity index (χ2n) is 6.11. The Hall–Kier alpha value is -2.68. The van der Waals surface area contributed by atoms with Crippen molar-refractivity contribution in [2.45, 2.75) is 33.3 Å². The molecule has 1 heterocycles. The topological polar surface area (TPSA) is 35.0 Å². The molecule has 0 fully saturated rings. The summed E-state index contributed by atoms with van der Waals surface area (Å²) in [5.74, 6) is 1.39. The van der Waals surface area contributed by atoms with Crippen LogP contribution in [0.2, 0.25) is 0 Å². The van der Waals surface area contributed by atoms with Gasteiger partial charge >= 0.3 is 0 Å². The molecule has 0 aliphatic carbocycles. The van der Waals surface area contributed by atoms with Crippen LogP contribution in [0.4, 0.5) is 0 Å². The van der Waals surface area contributed by atoms with Gasteiger partial charge in [0.2, 0.25) is 5.88 Å². The molecular formula is C21H22N2O. The number of aromatic nitrogens is 2. The minimum Gasteiger partial charge on any atom is -0.475 e. The molecule has 3 rings (SSSR count). The zero-order valence-corrected chi connectivity index (χ0v) is 14.4. The highest BCUT2D eigenvalue weighted by Crippen LogP contribution is 2.27. The van der Waals surface area contributed by atoms with E-state index < -0.39 is 0 Å². The molecular weight excluding hydrogens is 296 g/mol. The summed E-state index contributed by atoms with van der Waals surface area (Å²) in [6, 6.07) is 20.4. The fraction of sp³-hybridized carbons (Fsp3) is 0.238. The van der Waals surface area contributed by atoms with Gasteiger partial charge in [-0.25, -0.2) is 4.98 Å². The van der Waals surface area contributed by atoms with E-state index in [9.17, 15) is 0 Å². The molecule has 3 heteroatoms. The van der Waals surface area contributed by atoms with Gasteiger partial charge in [-0.15, -0.1) is 0 Å². The van der Waals surface area contributed by atoms with Gasteiger partial charge in [-0.3, -0.25) is 0 Å². The summed E-state index contributed by atoms with van der Waals surface area (Å²) in [4.78, 5) is 9.42. The van der Waals surface area contributed by atoms with Crippen LogP contribution < -0.4 is 4.74 Å². The van der Waals surface area contributed by atoms with E-state index in [0.29, 0.717) is 11.7 Å². The second-order valence-corrected chi connectivity index (χ2v) is 6.11. The molecule has 0 saturated heterocycles. The van der Waals surface area contributed by atoms with E-state index in [-0.39, 0.29) is 6.10 Å². The Morgan fingerprint density at radius 2 is 1.50 bits per heavy atom. The zero-order valence-electron chi connectivity index (χ0n) is 14.4. The molecule has 2 aromatic carbocycles. The van der Waals surface area contributed by atoms with Crippen molar-refractivity contribution in [1.82, 2.24) is 9.97 Å². The third-order valence-electron chi connectivity index (χ3n) is 3.78. The summed E-state index contributed by atoms with van der Waals surface area (Å²) in [5, 5.41) is 0. The lowest BCUT2D eigenvalue weighted by Gasteiger charge is -2.16. The first kappa shape index (κ1) is 16.2. The summed E-state index contributed by atoms with van der Waals surface area (Å²) in [5.41, 5.74) is 4.24. The number of benzene rings is 2. The van der Waals surface area contributed by atoms with E-state index in [1.807, 2.05) is 69.3 Å². The minimum atomic E-state index is 0.0671. The zero-order chi connectivity index (χ0) is 16.9. The largest absolute Gasteiger partial charge is 0.475 e. The normalized spacial score (nSPS) is 10.8. The van der Waals surface area contributed by atoms with Crippen LogP contribution in [0, 0.1) is 6.92 Å². The first-order valence-corrected chi connectivity index (χ1v) is 8.27. The molecule has 3 aromatic rings. The lowest BCUT2D eigenvalue weighted by atomic mass is 10.0. The molecule has 0 bridgehead atoms. The quantitative estimate of drug-likeness (QED) is 0.676. The van der Waals surface area contributed by atoms with Crippen LogP contribution in [0.25, 0.3) is 11.4 Å². The predicted octanol–water partition coefficient (Wildman–Crippen LogP) is 4.83. The van der Waals surface area contributed by atoms with Crippen LogP contribution in [-0.4, -0.2) is 16.1 Å². The SMILES string of the molecule is Cc1nc(-c2ccccc2)nc(OC(C)C)c1Cc1ccccc1. The highest BCUT2D eigenvalue weighted by atomic mass is 16.5. The molecule has 0 aliphatic rings. The van der Waals surface area contributed by atoms with E-state index in [2.05, 4.69) is 12.1 Å². The Morgan fingerprint density at radius 3 is 2.12 bits per heavy atom. The Balaban J connectivity index is 2.04. The Kier molecular flexibility index (Phi) is 4.90. The van der Waals surface area contributed by atoms with Crippen LogP contribution in [-0.2, 0) is 6.42 Å². The number of aryl methyl sites for hydroxylation is 1. The fourth-order valence-corrected chi connectivity index (χ4v) is 2.61. The van der Waals surface area contributed by atoms with Gasteiger partial charge in [0.1, 0.15) is 0 Å². The Labute approximate surface area is 143 Å². The summed E-state index contributed by atoms with van der Waals surface area (Å²) < 4.78 is 6.01. The van der Waals surface area contributed by atoms with Crippen molar-refractivity contribution in [2.24, 2.45) is 0 Å². The average Bonchev–Trinajstić information content (AvgIpc) is 2.59. The standard InChI is InChI=1S/C21H22N2O/c1-15(2)24-21-19(14-17-10-6-4-7-11-17)16(3)22-20(23-21)18-12-8-5-9-13-18/h4-13,15H,14H2,1-3H3. The molecule has 0 atom stereocenters. The average molecular weight is 318 g/mol. The Bertz CT molecular complexity index is 799. The third kappa shape index (κ3) is 3.80. The van der Waals surface area contributed by atoms with E-state index in [4.69, 9.17) is 14.7 Å². The number of ether oxygens (including phenoxy) is 1. The van der Waals surface area contributed by atoms with E-state index >= 15 is 0 Å². The predicted molar refractivity (Wildman–Crippen MR) is 97.2 cm³/mol. The maximum atomic E-state index is 6.01. The van der Waals surface area contributed by atoms with Gasteiger partial charge in [0.05, 0.1) is 6.10 Å². The summed E-state index contributed by atoms with van der Waals surface area (Å²) in [6.45, 7) is 6.07. The van der Waals surface area contributed by atoms with Crippen molar-refractivity contribution in [2.75, 3.05) is 0 Å². The van der Waals surface area contributed by atoms with Crippen molar-refractivity contribution in [3.63, 3.8) is 0 Å². The molecule has 0 spiro atoms. The highest BCUT2D eigenvalue weighted by molar-refractivity contribution is 5.56. The lowest BCUT2D eigenvalue weighted by molar-refractivity contribution is 0.230. The van der Waals surface area contributed by atoms with Crippen molar-refractivity contribution in [3.8, 4) is 17.3 Å². The first-order valence-electron chi connectivity index (χ1n) is 8.27. The van der Waals surface area contributed by atoms with Crippen molar-refractivity contribution >= 4 is 0 Å². The van der Waals surface area contributed by atoms with Gasteiger partial charge < -0.3 is 4.74 Å². The first-order chi connectivity index (χ1) is 11.6. The number of hydrogen-bond acceptors (Lipinski definition) is 3. The van der Waals surface area contributed by atoms with Crippen LogP contribution in [0.3, 0.4) is 0 Å². The fourth-order valence-electron chi connectivity index (χ4n) is 2.61. The summed E-state index contributed by atoms with van der Waals surface area (Å²) >= 11 is 0. The van der Waals surface area contributed by atoms with Gasteiger partial charge in [0.15, 0.2) is 5.82 Å². The van der Waals surface area contributed by atoms with Gasteiger partial charge in [-0.05, 0) is 26.3 Å². The monoisotopic (exact) mass is 318 g/mol. The van der Waals surface area contributed by atoms with Gasteiger partial charge in [0.25, 0.3) is 0 Å². The molecule has 24 heavy (non-hydrogen) atoms. The van der Waals surface area contributed by atoms with Crippen LogP contribution >= 0.6 is 0 Å². The van der Waals surface area contributed by atoms with Crippen molar-refractivity contribution in [3.05, 3.63) is 77.5 Å². The molecule has 0 unspecified atom stereocenters. The maximum Gasteiger partial charge on any atom is 0.221 e. The van der Waals surface area contributed by atoms with Gasteiger partial charge in [-0.1, -0.05) is 60.7 Å². The van der Waals surface area contributed by atoms with E-state index in [1.54, 1.807) is 0 Å². The second kappa shape index (κ2) is 7.26. The van der Waals surface area contributed by atoms with E-state index in [0.717, 1.165) is 23.2 Å². The van der Waals surface area contributed by atoms with Crippen molar-refractivity contribution < 1.29 is 4.74 Å². The molecule has 0 aliphatic heterocycles. The van der Waals surface area contributed by atoms with E-state index in [1.165, 1.54) is 5.56 Å². The summed E-state index contributed by atoms with van der Waals surface area (Å²) in [6.07, 6.45) is 0.835. The smallest absolute Gasteiger partial charge is 0.221 e. The lowest BCUT2D eigenvalue weighted by Crippen LogP contribution is -2.12. The highest BCUT2D eigenvalue weighted by Gasteiger charge is 2.15. The molecule has 0 amide bonds. The maximum absolute atomic E-state index is 6.01. The molecule has 3 nitrogen and oxygen atoms in total. The Morgan fingerprint density at radius 1 is 0.875 bits per heavy atom. The van der Waals surface area contributed by atoms with Crippen LogP contribution in [0.15, 0.2) is 60.7 Å². The van der Waals surface area contributed by atoms with Gasteiger partial charge in [-0.2, -0.15) is 4.98 Å². The molecule has 0 N–H and O–H groups in total. The number of hydrogen-bond donors (Lipinski definition) is 0. The van der Waals surface area contributed by atoms with Crippen molar-refractivity contribution in [1.29, 1.82) is 0 Å². The number of rotatable bonds is 5. The molecule has 1 aromatic heterocycles. The molecule has 0 radical (unpaired) electrons. The number of nitrogens with zero attached hydrogens (tertiary/aromatic N) is 2. The molecule has 0 saturated carbocycles. The minimum absolute atomic E-state index is 0.0671. The third-order valence-corrected chi connectivity index (χ3v) is 3.78. The van der Waals surface area contributed by atoms with Crippen LogP contribution in [0.1, 0.15) is 30.7 Å². The van der Waals surface area contributed by atoms with Crippen LogP contribution in [0.5, 0.6) is 5.88 Å². The molecule has 122 valence electrons. The van der Waals surface area contributed by atoms with Gasteiger partial charge in [0, 0.05) is 23.2 Å². The summed E-state index contributed by atoms with van der Waals surface area (Å²) in [7, 11) is 0.